The van der Waals surface area contributed by atoms with Gasteiger partial charge in [-0.05, 0) is 36.8 Å². The van der Waals surface area contributed by atoms with Crippen LogP contribution in [0.25, 0.3) is 11.3 Å². The van der Waals surface area contributed by atoms with E-state index in [0.717, 1.165) is 48.1 Å². The molecule has 0 spiro atoms. The number of rotatable bonds is 4. The highest BCUT2D eigenvalue weighted by atomic mass is 16.5. The molecule has 1 aliphatic heterocycles. The Hall–Kier alpha value is -2.34. The van der Waals surface area contributed by atoms with Crippen LogP contribution < -0.4 is 20.1 Å². The number of benzene rings is 1. The van der Waals surface area contributed by atoms with Gasteiger partial charge >= 0.3 is 0 Å². The normalized spacial score (nSPS) is 17.6. The zero-order valence-corrected chi connectivity index (χ0v) is 12.8. The SMILES string of the molecule is COc1ccc(OC)c(-c2ccc(N3CCC(N)C3)nn2)c1. The number of nitrogens with two attached hydrogens (primary N) is 1. The van der Waals surface area contributed by atoms with Crippen molar-refractivity contribution in [3.63, 3.8) is 0 Å². The van der Waals surface area contributed by atoms with Crippen molar-refractivity contribution >= 4 is 5.82 Å². The molecule has 1 atom stereocenters. The molecule has 1 aromatic heterocycles. The molecule has 3 rings (SSSR count). The number of aromatic nitrogens is 2. The first kappa shape index (κ1) is 14.6. The molecule has 6 heteroatoms. The van der Waals surface area contributed by atoms with Crippen LogP contribution in [0.1, 0.15) is 6.42 Å². The molecule has 0 radical (unpaired) electrons. The Bertz CT molecular complexity index is 645. The fourth-order valence-corrected chi connectivity index (χ4v) is 2.65. The van der Waals surface area contributed by atoms with Crippen LogP contribution in [-0.2, 0) is 0 Å². The van der Waals surface area contributed by atoms with Gasteiger partial charge in [0.05, 0.1) is 19.9 Å². The lowest BCUT2D eigenvalue weighted by Crippen LogP contribution is -2.27. The summed E-state index contributed by atoms with van der Waals surface area (Å²) < 4.78 is 10.7. The molecule has 2 heterocycles. The summed E-state index contributed by atoms with van der Waals surface area (Å²) in [4.78, 5) is 2.16. The number of hydrogen-bond acceptors (Lipinski definition) is 6. The van der Waals surface area contributed by atoms with E-state index in [2.05, 4.69) is 15.1 Å². The van der Waals surface area contributed by atoms with Crippen LogP contribution in [0.15, 0.2) is 30.3 Å². The first-order chi connectivity index (χ1) is 10.7. The minimum absolute atomic E-state index is 0.222. The molecule has 1 unspecified atom stereocenters. The third-order valence-electron chi connectivity index (χ3n) is 3.88. The Kier molecular flexibility index (Phi) is 4.11. The molecule has 2 aromatic rings. The van der Waals surface area contributed by atoms with Gasteiger partial charge < -0.3 is 20.1 Å². The zero-order valence-electron chi connectivity index (χ0n) is 12.8. The van der Waals surface area contributed by atoms with Gasteiger partial charge in [0.1, 0.15) is 11.5 Å². The van der Waals surface area contributed by atoms with Gasteiger partial charge in [-0.2, -0.15) is 0 Å². The molecule has 116 valence electrons. The molecular weight excluding hydrogens is 280 g/mol. The fourth-order valence-electron chi connectivity index (χ4n) is 2.65. The molecule has 6 nitrogen and oxygen atoms in total. The van der Waals surface area contributed by atoms with Gasteiger partial charge in [0.25, 0.3) is 0 Å². The van der Waals surface area contributed by atoms with E-state index < -0.39 is 0 Å². The van der Waals surface area contributed by atoms with E-state index in [1.807, 2.05) is 30.3 Å². The van der Waals surface area contributed by atoms with E-state index in [0.29, 0.717) is 0 Å². The topological polar surface area (TPSA) is 73.5 Å². The number of methoxy groups -OCH3 is 2. The summed E-state index contributed by atoms with van der Waals surface area (Å²) in [5.41, 5.74) is 7.55. The van der Waals surface area contributed by atoms with Crippen LogP contribution in [0.3, 0.4) is 0 Å². The standard InChI is InChI=1S/C16H20N4O2/c1-21-12-3-5-15(22-2)13(9-12)14-4-6-16(19-18-14)20-8-7-11(17)10-20/h3-6,9,11H,7-8,10,17H2,1-2H3. The smallest absolute Gasteiger partial charge is 0.151 e. The highest BCUT2D eigenvalue weighted by Crippen LogP contribution is 2.32. The number of hydrogen-bond donors (Lipinski definition) is 1. The average Bonchev–Trinajstić information content (AvgIpc) is 3.01. The molecule has 1 fully saturated rings. The van der Waals surface area contributed by atoms with Crippen molar-refractivity contribution in [2.45, 2.75) is 12.5 Å². The van der Waals surface area contributed by atoms with E-state index >= 15 is 0 Å². The second-order valence-corrected chi connectivity index (χ2v) is 5.34. The third-order valence-corrected chi connectivity index (χ3v) is 3.88. The molecule has 1 aliphatic rings. The summed E-state index contributed by atoms with van der Waals surface area (Å²) in [5.74, 6) is 2.36. The van der Waals surface area contributed by atoms with Crippen LogP contribution in [0.2, 0.25) is 0 Å². The predicted molar refractivity (Wildman–Crippen MR) is 85.4 cm³/mol. The second kappa shape index (κ2) is 6.19. The van der Waals surface area contributed by atoms with Crippen LogP contribution in [0.5, 0.6) is 11.5 Å². The lowest BCUT2D eigenvalue weighted by Gasteiger charge is -2.16. The summed E-state index contributed by atoms with van der Waals surface area (Å²) in [6, 6.07) is 9.76. The first-order valence-corrected chi connectivity index (χ1v) is 7.28. The fraction of sp³-hybridized carbons (Fsp3) is 0.375. The van der Waals surface area contributed by atoms with E-state index in [1.54, 1.807) is 14.2 Å². The maximum absolute atomic E-state index is 5.93. The van der Waals surface area contributed by atoms with Crippen molar-refractivity contribution in [1.29, 1.82) is 0 Å². The van der Waals surface area contributed by atoms with Crippen LogP contribution in [-0.4, -0.2) is 43.5 Å². The van der Waals surface area contributed by atoms with Gasteiger partial charge in [0.15, 0.2) is 5.82 Å². The quantitative estimate of drug-likeness (QED) is 0.926. The van der Waals surface area contributed by atoms with Crippen LogP contribution >= 0.6 is 0 Å². The van der Waals surface area contributed by atoms with Crippen LogP contribution in [0, 0.1) is 0 Å². The van der Waals surface area contributed by atoms with Crippen molar-refractivity contribution in [2.75, 3.05) is 32.2 Å². The van der Waals surface area contributed by atoms with E-state index in [4.69, 9.17) is 15.2 Å². The van der Waals surface area contributed by atoms with Gasteiger partial charge in [-0.3, -0.25) is 0 Å². The summed E-state index contributed by atoms with van der Waals surface area (Å²) in [6.45, 7) is 1.76. The predicted octanol–water partition coefficient (Wildman–Crippen LogP) is 1.70. The summed E-state index contributed by atoms with van der Waals surface area (Å²) in [6.07, 6.45) is 0.993. The Morgan fingerprint density at radius 2 is 2.00 bits per heavy atom. The van der Waals surface area contributed by atoms with Crippen molar-refractivity contribution in [2.24, 2.45) is 5.73 Å². The Morgan fingerprint density at radius 3 is 2.59 bits per heavy atom. The number of ether oxygens (including phenoxy) is 2. The zero-order chi connectivity index (χ0) is 15.5. The van der Waals surface area contributed by atoms with Gasteiger partial charge in [-0.15, -0.1) is 10.2 Å². The highest BCUT2D eigenvalue weighted by Gasteiger charge is 2.20. The van der Waals surface area contributed by atoms with Crippen molar-refractivity contribution in [3.8, 4) is 22.8 Å². The molecular formula is C16H20N4O2. The maximum Gasteiger partial charge on any atom is 0.151 e. The molecule has 0 aliphatic carbocycles. The van der Waals surface area contributed by atoms with Gasteiger partial charge in [-0.25, -0.2) is 0 Å². The lowest BCUT2D eigenvalue weighted by atomic mass is 10.1. The summed E-state index contributed by atoms with van der Waals surface area (Å²) in [7, 11) is 3.27. The molecule has 0 amide bonds. The minimum atomic E-state index is 0.222. The highest BCUT2D eigenvalue weighted by molar-refractivity contribution is 5.69. The third kappa shape index (κ3) is 2.82. The number of anilines is 1. The Balaban J connectivity index is 1.89. The second-order valence-electron chi connectivity index (χ2n) is 5.34. The molecule has 1 saturated heterocycles. The molecule has 0 bridgehead atoms. The summed E-state index contributed by atoms with van der Waals surface area (Å²) in [5, 5.41) is 8.66. The molecule has 22 heavy (non-hydrogen) atoms. The lowest BCUT2D eigenvalue weighted by molar-refractivity contribution is 0.404. The van der Waals surface area contributed by atoms with Gasteiger partial charge in [0.2, 0.25) is 0 Å². The number of nitrogens with zero attached hydrogens (tertiary/aromatic N) is 3. The van der Waals surface area contributed by atoms with Gasteiger partial charge in [-0.1, -0.05) is 0 Å². The van der Waals surface area contributed by atoms with Crippen molar-refractivity contribution in [1.82, 2.24) is 10.2 Å². The van der Waals surface area contributed by atoms with E-state index in [-0.39, 0.29) is 6.04 Å². The van der Waals surface area contributed by atoms with Gasteiger partial charge in [0, 0.05) is 24.7 Å². The van der Waals surface area contributed by atoms with E-state index in [1.165, 1.54) is 0 Å². The average molecular weight is 300 g/mol. The molecule has 0 saturated carbocycles. The Morgan fingerprint density at radius 1 is 1.14 bits per heavy atom. The molecule has 2 N–H and O–H groups in total. The van der Waals surface area contributed by atoms with Crippen molar-refractivity contribution in [3.05, 3.63) is 30.3 Å². The van der Waals surface area contributed by atoms with Crippen LogP contribution in [0.4, 0.5) is 5.82 Å². The van der Waals surface area contributed by atoms with Crippen molar-refractivity contribution < 1.29 is 9.47 Å². The molecule has 1 aromatic carbocycles. The largest absolute Gasteiger partial charge is 0.497 e. The Labute approximate surface area is 129 Å². The maximum atomic E-state index is 5.93. The summed E-state index contributed by atoms with van der Waals surface area (Å²) >= 11 is 0. The van der Waals surface area contributed by atoms with E-state index in [9.17, 15) is 0 Å². The monoisotopic (exact) mass is 300 g/mol. The first-order valence-electron chi connectivity index (χ1n) is 7.28. The minimum Gasteiger partial charge on any atom is -0.497 e.